The molecule has 0 N–H and O–H groups in total. The van der Waals surface area contributed by atoms with Crippen molar-refractivity contribution in [3.8, 4) is 0 Å². The molecule has 1 nitrogen and oxygen atoms in total. The van der Waals surface area contributed by atoms with Crippen molar-refractivity contribution in [1.29, 1.82) is 0 Å². The minimum atomic E-state index is 0.0665. The number of fused-ring (bicyclic) bond motifs is 2. The smallest absolute Gasteiger partial charge is 0.179 e. The van der Waals surface area contributed by atoms with E-state index in [1.807, 2.05) is 30.4 Å². The van der Waals surface area contributed by atoms with Gasteiger partial charge in [-0.1, -0.05) is 12.1 Å². The highest BCUT2D eigenvalue weighted by atomic mass is 16.1. The van der Waals surface area contributed by atoms with Crippen LogP contribution in [0.5, 0.6) is 0 Å². The maximum atomic E-state index is 11.2. The Bertz CT molecular complexity index is 600. The Hall–Kier alpha value is -1.89. The third-order valence-corrected chi connectivity index (χ3v) is 2.52. The van der Waals surface area contributed by atoms with E-state index < -0.39 is 0 Å². The first-order valence-corrected chi connectivity index (χ1v) is 4.51. The minimum absolute atomic E-state index is 0.0665. The third kappa shape index (κ3) is 0.925. The maximum absolute atomic E-state index is 11.2. The van der Waals surface area contributed by atoms with Crippen molar-refractivity contribution >= 4 is 17.4 Å². The van der Waals surface area contributed by atoms with Crippen molar-refractivity contribution in [3.05, 3.63) is 58.5 Å². The number of hydrogen-bond acceptors (Lipinski definition) is 1. The van der Waals surface area contributed by atoms with Crippen LogP contribution in [0.3, 0.4) is 0 Å². The highest BCUT2D eigenvalue weighted by Gasteiger charge is 2.12. The molecule has 0 bridgehead atoms. The van der Waals surface area contributed by atoms with Crippen molar-refractivity contribution in [2.75, 3.05) is 0 Å². The van der Waals surface area contributed by atoms with Gasteiger partial charge in [0.05, 0.1) is 0 Å². The zero-order chi connectivity index (χ0) is 9.54. The Balaban J connectivity index is 2.45. The van der Waals surface area contributed by atoms with Gasteiger partial charge in [-0.3, -0.25) is 4.79 Å². The van der Waals surface area contributed by atoms with Crippen molar-refractivity contribution in [1.82, 2.24) is 0 Å². The first kappa shape index (κ1) is 7.51. The number of carbonyl (C=O) groups is 1. The fraction of sp³-hybridized carbons (Fsp3) is 0. The number of carbonyl (C=O) groups excluding carboxylic acids is 1. The Kier molecular flexibility index (Phi) is 1.37. The van der Waals surface area contributed by atoms with E-state index in [9.17, 15) is 4.79 Å². The summed E-state index contributed by atoms with van der Waals surface area (Å²) in [6.45, 7) is 0. The molecule has 0 amide bonds. The second kappa shape index (κ2) is 2.55. The van der Waals surface area contributed by atoms with E-state index in [1.165, 1.54) is 10.4 Å². The van der Waals surface area contributed by atoms with E-state index in [4.69, 9.17) is 0 Å². The quantitative estimate of drug-likeness (QED) is 0.566. The third-order valence-electron chi connectivity index (χ3n) is 2.52. The fourth-order valence-electron chi connectivity index (χ4n) is 1.87. The summed E-state index contributed by atoms with van der Waals surface area (Å²) < 4.78 is 0. The summed E-state index contributed by atoms with van der Waals surface area (Å²) in [5.74, 6) is 0.0665. The van der Waals surface area contributed by atoms with E-state index in [-0.39, 0.29) is 5.78 Å². The van der Waals surface area contributed by atoms with E-state index in [1.54, 1.807) is 12.2 Å². The van der Waals surface area contributed by atoms with E-state index in [0.29, 0.717) is 0 Å². The van der Waals surface area contributed by atoms with Gasteiger partial charge in [0.25, 0.3) is 0 Å². The summed E-state index contributed by atoms with van der Waals surface area (Å²) in [5, 5.41) is 2.34. The van der Waals surface area contributed by atoms with Crippen LogP contribution < -0.4 is 10.4 Å². The summed E-state index contributed by atoms with van der Waals surface area (Å²) in [5.41, 5.74) is 2.16. The Morgan fingerprint density at radius 2 is 2.07 bits per heavy atom. The predicted molar refractivity (Wildman–Crippen MR) is 54.6 cm³/mol. The van der Waals surface area contributed by atoms with Crippen molar-refractivity contribution in [2.45, 2.75) is 0 Å². The molecule has 2 aliphatic carbocycles. The first-order valence-electron chi connectivity index (χ1n) is 4.51. The van der Waals surface area contributed by atoms with Crippen LogP contribution in [-0.2, 0) is 4.79 Å². The van der Waals surface area contributed by atoms with Crippen LogP contribution in [0.2, 0.25) is 0 Å². The standard InChI is InChI=1S/C13H7O/c14-11-5-6-13-10(8-11)7-9-3-1-2-4-12(9)13/h1,3-8H. The summed E-state index contributed by atoms with van der Waals surface area (Å²) in [7, 11) is 0. The predicted octanol–water partition coefficient (Wildman–Crippen LogP) is 0.497. The van der Waals surface area contributed by atoms with Crippen LogP contribution in [0.4, 0.5) is 0 Å². The lowest BCUT2D eigenvalue weighted by Gasteiger charge is -2.02. The van der Waals surface area contributed by atoms with Crippen LogP contribution >= 0.6 is 0 Å². The lowest BCUT2D eigenvalue weighted by Crippen LogP contribution is -2.21. The molecule has 0 aliphatic heterocycles. The van der Waals surface area contributed by atoms with Gasteiger partial charge in [-0.05, 0) is 58.0 Å². The highest BCUT2D eigenvalue weighted by Crippen LogP contribution is 2.19. The van der Waals surface area contributed by atoms with Crippen LogP contribution in [0.15, 0.2) is 42.0 Å². The van der Waals surface area contributed by atoms with Gasteiger partial charge in [0, 0.05) is 0 Å². The van der Waals surface area contributed by atoms with E-state index in [0.717, 1.165) is 11.1 Å². The summed E-state index contributed by atoms with van der Waals surface area (Å²) in [6, 6.07) is 8.91. The summed E-state index contributed by atoms with van der Waals surface area (Å²) in [4.78, 5) is 11.2. The fourth-order valence-corrected chi connectivity index (χ4v) is 1.87. The van der Waals surface area contributed by atoms with Gasteiger partial charge < -0.3 is 0 Å². The Labute approximate surface area is 81.4 Å². The Morgan fingerprint density at radius 1 is 1.14 bits per heavy atom. The maximum Gasteiger partial charge on any atom is 0.179 e. The molecule has 0 saturated heterocycles. The Morgan fingerprint density at radius 3 is 3.00 bits per heavy atom. The van der Waals surface area contributed by atoms with Gasteiger partial charge in [0.1, 0.15) is 0 Å². The van der Waals surface area contributed by atoms with Crippen LogP contribution in [0.1, 0.15) is 0 Å². The largest absolute Gasteiger partial charge is 0.290 e. The van der Waals surface area contributed by atoms with Gasteiger partial charge in [-0.25, -0.2) is 0 Å². The molecule has 0 aromatic heterocycles. The molecule has 2 aliphatic rings. The number of ketones is 1. The zero-order valence-electron chi connectivity index (χ0n) is 7.45. The van der Waals surface area contributed by atoms with Crippen LogP contribution in [0, 0.1) is 6.07 Å². The van der Waals surface area contributed by atoms with Crippen molar-refractivity contribution in [3.63, 3.8) is 0 Å². The molecule has 0 unspecified atom stereocenters. The molecule has 0 saturated carbocycles. The second-order valence-corrected chi connectivity index (χ2v) is 3.41. The number of allylic oxidation sites excluding steroid dienone is 4. The van der Waals surface area contributed by atoms with Gasteiger partial charge in [-0.2, -0.15) is 0 Å². The molecule has 1 heteroatoms. The average Bonchev–Trinajstić information content (AvgIpc) is 2.54. The normalized spacial score (nSPS) is 17.3. The monoisotopic (exact) mass is 179 g/mol. The molecular weight excluding hydrogens is 172 g/mol. The molecular formula is C13H7O. The van der Waals surface area contributed by atoms with Gasteiger partial charge in [0.15, 0.2) is 5.78 Å². The van der Waals surface area contributed by atoms with E-state index >= 15 is 0 Å². The molecule has 1 aromatic rings. The van der Waals surface area contributed by atoms with Crippen LogP contribution in [0.25, 0.3) is 11.6 Å². The lowest BCUT2D eigenvalue weighted by atomic mass is 10.0. The summed E-state index contributed by atoms with van der Waals surface area (Å²) >= 11 is 0. The van der Waals surface area contributed by atoms with Crippen LogP contribution in [-0.4, -0.2) is 5.78 Å². The van der Waals surface area contributed by atoms with Gasteiger partial charge >= 0.3 is 0 Å². The second-order valence-electron chi connectivity index (χ2n) is 3.41. The number of rotatable bonds is 0. The molecule has 65 valence electrons. The van der Waals surface area contributed by atoms with Gasteiger partial charge in [-0.15, -0.1) is 0 Å². The van der Waals surface area contributed by atoms with Crippen molar-refractivity contribution in [2.24, 2.45) is 0 Å². The zero-order valence-corrected chi connectivity index (χ0v) is 7.45. The molecule has 1 radical (unpaired) electrons. The molecule has 0 spiro atoms. The van der Waals surface area contributed by atoms with Crippen molar-refractivity contribution < 1.29 is 4.79 Å². The SMILES string of the molecule is O=C1C=CC2=c3c[c]ccc3=CC2=C1. The molecule has 0 heterocycles. The molecule has 14 heavy (non-hydrogen) atoms. The minimum Gasteiger partial charge on any atom is -0.290 e. The molecule has 3 rings (SSSR count). The topological polar surface area (TPSA) is 17.1 Å². The molecule has 0 atom stereocenters. The average molecular weight is 179 g/mol. The highest BCUT2D eigenvalue weighted by molar-refractivity contribution is 6.09. The van der Waals surface area contributed by atoms with Gasteiger partial charge in [0.2, 0.25) is 0 Å². The molecule has 0 fully saturated rings. The first-order chi connectivity index (χ1) is 6.84. The number of hydrogen-bond donors (Lipinski definition) is 0. The lowest BCUT2D eigenvalue weighted by molar-refractivity contribution is -0.110. The summed E-state index contributed by atoms with van der Waals surface area (Å²) in [6.07, 6.45) is 7.21. The molecule has 1 aromatic carbocycles. The number of benzene rings is 1. The van der Waals surface area contributed by atoms with E-state index in [2.05, 4.69) is 6.07 Å².